The van der Waals surface area contributed by atoms with Crippen molar-refractivity contribution in [2.45, 2.75) is 26.1 Å². The zero-order valence-corrected chi connectivity index (χ0v) is 10.6. The number of amides is 1. The van der Waals surface area contributed by atoms with Gasteiger partial charge in [-0.2, -0.15) is 0 Å². The van der Waals surface area contributed by atoms with Gasteiger partial charge < -0.3 is 15.2 Å². The molecule has 2 N–H and O–H groups in total. The van der Waals surface area contributed by atoms with E-state index in [-0.39, 0.29) is 24.4 Å². The molecule has 0 aromatic carbocycles. The minimum atomic E-state index is -0.0287. The summed E-state index contributed by atoms with van der Waals surface area (Å²) in [5.74, 6) is 0.125. The quantitative estimate of drug-likeness (QED) is 0.798. The second-order valence-electron chi connectivity index (χ2n) is 4.58. The van der Waals surface area contributed by atoms with E-state index in [1.807, 2.05) is 30.2 Å². The average molecular weight is 261 g/mol. The summed E-state index contributed by atoms with van der Waals surface area (Å²) in [6, 6.07) is 4.09. The number of anilines is 1. The Morgan fingerprint density at radius 1 is 1.53 bits per heavy atom. The van der Waals surface area contributed by atoms with E-state index < -0.39 is 0 Å². The molecule has 1 atom stereocenters. The predicted octanol–water partition coefficient (Wildman–Crippen LogP) is -0.340. The lowest BCUT2D eigenvalue weighted by molar-refractivity contribution is -0.135. The van der Waals surface area contributed by atoms with Crippen molar-refractivity contribution in [3.8, 4) is 0 Å². The van der Waals surface area contributed by atoms with E-state index >= 15 is 0 Å². The number of tetrazole rings is 1. The maximum atomic E-state index is 12.3. The zero-order chi connectivity index (χ0) is 13.4. The van der Waals surface area contributed by atoms with Crippen LogP contribution in [-0.4, -0.2) is 42.1 Å². The molecule has 3 heterocycles. The third-order valence-corrected chi connectivity index (χ3v) is 3.51. The van der Waals surface area contributed by atoms with Crippen molar-refractivity contribution < 1.29 is 4.79 Å². The minimum absolute atomic E-state index is 0.0287. The fraction of sp³-hybridized carbons (Fsp3) is 0.455. The molecule has 100 valence electrons. The molecule has 0 unspecified atom stereocenters. The van der Waals surface area contributed by atoms with Gasteiger partial charge >= 0.3 is 0 Å². The molecule has 8 heteroatoms. The van der Waals surface area contributed by atoms with Crippen LogP contribution < -0.4 is 5.73 Å². The van der Waals surface area contributed by atoms with Crippen LogP contribution in [0, 0.1) is 0 Å². The van der Waals surface area contributed by atoms with Crippen molar-refractivity contribution in [1.82, 2.24) is 29.7 Å². The Kier molecular flexibility index (Phi) is 2.69. The van der Waals surface area contributed by atoms with Crippen LogP contribution >= 0.6 is 0 Å². The van der Waals surface area contributed by atoms with Crippen molar-refractivity contribution in [2.75, 3.05) is 12.3 Å². The highest BCUT2D eigenvalue weighted by Crippen LogP contribution is 2.25. The Bertz CT molecular complexity index is 602. The van der Waals surface area contributed by atoms with Crippen molar-refractivity contribution in [1.29, 1.82) is 0 Å². The van der Waals surface area contributed by atoms with Crippen LogP contribution in [0.3, 0.4) is 0 Å². The van der Waals surface area contributed by atoms with E-state index in [4.69, 9.17) is 5.73 Å². The third kappa shape index (κ3) is 1.94. The second-order valence-corrected chi connectivity index (χ2v) is 4.58. The number of nitrogens with zero attached hydrogens (tertiary/aromatic N) is 6. The molecule has 0 spiro atoms. The van der Waals surface area contributed by atoms with Crippen LogP contribution in [0.25, 0.3) is 0 Å². The van der Waals surface area contributed by atoms with Gasteiger partial charge in [-0.15, -0.1) is 0 Å². The lowest BCUT2D eigenvalue weighted by Gasteiger charge is -2.34. The molecule has 0 aliphatic carbocycles. The molecule has 0 saturated carbocycles. The fourth-order valence-electron chi connectivity index (χ4n) is 2.46. The number of hydrogen-bond acceptors (Lipinski definition) is 5. The molecule has 0 saturated heterocycles. The lowest BCUT2D eigenvalue weighted by atomic mass is 10.1. The van der Waals surface area contributed by atoms with Gasteiger partial charge in [0, 0.05) is 25.0 Å². The minimum Gasteiger partial charge on any atom is -0.367 e. The van der Waals surface area contributed by atoms with Gasteiger partial charge in [-0.25, -0.2) is 4.68 Å². The monoisotopic (exact) mass is 261 g/mol. The van der Waals surface area contributed by atoms with Crippen molar-refractivity contribution >= 4 is 11.9 Å². The maximum Gasteiger partial charge on any atom is 0.245 e. The first-order valence-corrected chi connectivity index (χ1v) is 6.13. The SMILES string of the molecule is C[C@H]1c2cccn2CCN1C(=O)Cn1nnnc1N. The van der Waals surface area contributed by atoms with Crippen LogP contribution in [0.15, 0.2) is 18.3 Å². The Hall–Kier alpha value is -2.38. The summed E-state index contributed by atoms with van der Waals surface area (Å²) in [7, 11) is 0. The Labute approximate surface area is 109 Å². The Morgan fingerprint density at radius 2 is 2.37 bits per heavy atom. The molecule has 0 bridgehead atoms. The maximum absolute atomic E-state index is 12.3. The molecule has 19 heavy (non-hydrogen) atoms. The van der Waals surface area contributed by atoms with Gasteiger partial charge in [0.25, 0.3) is 0 Å². The van der Waals surface area contributed by atoms with Crippen molar-refractivity contribution in [3.63, 3.8) is 0 Å². The van der Waals surface area contributed by atoms with Crippen LogP contribution in [-0.2, 0) is 17.9 Å². The number of carbonyl (C=O) groups is 1. The van der Waals surface area contributed by atoms with E-state index in [0.29, 0.717) is 6.54 Å². The van der Waals surface area contributed by atoms with E-state index in [1.54, 1.807) is 0 Å². The van der Waals surface area contributed by atoms with E-state index in [1.165, 1.54) is 4.68 Å². The van der Waals surface area contributed by atoms with Gasteiger partial charge in [-0.1, -0.05) is 5.10 Å². The predicted molar refractivity (Wildman–Crippen MR) is 66.8 cm³/mol. The van der Waals surface area contributed by atoms with Gasteiger partial charge in [0.15, 0.2) is 0 Å². The highest BCUT2D eigenvalue weighted by atomic mass is 16.2. The van der Waals surface area contributed by atoms with E-state index in [0.717, 1.165) is 12.2 Å². The zero-order valence-electron chi connectivity index (χ0n) is 10.6. The fourth-order valence-corrected chi connectivity index (χ4v) is 2.46. The summed E-state index contributed by atoms with van der Waals surface area (Å²) in [6.07, 6.45) is 2.03. The van der Waals surface area contributed by atoms with Crippen LogP contribution in [0.5, 0.6) is 0 Å². The third-order valence-electron chi connectivity index (χ3n) is 3.51. The molecule has 1 amide bonds. The molecule has 3 rings (SSSR count). The topological polar surface area (TPSA) is 94.9 Å². The summed E-state index contributed by atoms with van der Waals surface area (Å²) in [5.41, 5.74) is 6.71. The second kappa shape index (κ2) is 4.38. The number of aromatic nitrogens is 5. The Balaban J connectivity index is 1.77. The normalized spacial score (nSPS) is 18.4. The summed E-state index contributed by atoms with van der Waals surface area (Å²) in [5, 5.41) is 10.7. The van der Waals surface area contributed by atoms with Gasteiger partial charge in [-0.3, -0.25) is 4.79 Å². The lowest BCUT2D eigenvalue weighted by Crippen LogP contribution is -2.42. The smallest absolute Gasteiger partial charge is 0.245 e. The number of nitrogens with two attached hydrogens (primary N) is 1. The number of nitrogen functional groups attached to an aromatic ring is 1. The standard InChI is InChI=1S/C11H15N7O/c1-8-9-3-2-4-16(9)5-6-17(8)10(19)7-18-11(12)13-14-15-18/h2-4,8H,5-7H2,1H3,(H2,12,13,15)/t8-/m0/s1. The van der Waals surface area contributed by atoms with E-state index in [2.05, 4.69) is 20.1 Å². The molecule has 0 fully saturated rings. The van der Waals surface area contributed by atoms with Crippen molar-refractivity contribution in [2.24, 2.45) is 0 Å². The van der Waals surface area contributed by atoms with Crippen LogP contribution in [0.1, 0.15) is 18.7 Å². The highest BCUT2D eigenvalue weighted by molar-refractivity contribution is 5.76. The number of fused-ring (bicyclic) bond motifs is 1. The number of hydrogen-bond donors (Lipinski definition) is 1. The number of rotatable bonds is 2. The molecule has 8 nitrogen and oxygen atoms in total. The summed E-state index contributed by atoms with van der Waals surface area (Å²) < 4.78 is 3.47. The van der Waals surface area contributed by atoms with Gasteiger partial charge in [0.05, 0.1) is 6.04 Å². The molecule has 1 aliphatic rings. The Morgan fingerprint density at radius 3 is 3.11 bits per heavy atom. The van der Waals surface area contributed by atoms with E-state index in [9.17, 15) is 4.79 Å². The molecule has 2 aromatic rings. The van der Waals surface area contributed by atoms with Crippen molar-refractivity contribution in [3.05, 3.63) is 24.0 Å². The average Bonchev–Trinajstić information content (AvgIpc) is 3.00. The summed E-state index contributed by atoms with van der Waals surface area (Å²) >= 11 is 0. The van der Waals surface area contributed by atoms with Crippen LogP contribution in [0.4, 0.5) is 5.95 Å². The number of carbonyl (C=O) groups excluding carboxylic acids is 1. The molecule has 1 aliphatic heterocycles. The van der Waals surface area contributed by atoms with Gasteiger partial charge in [-0.05, 0) is 29.5 Å². The molecule has 0 radical (unpaired) electrons. The first-order valence-electron chi connectivity index (χ1n) is 6.13. The van der Waals surface area contributed by atoms with Gasteiger partial charge in [0.1, 0.15) is 6.54 Å². The van der Waals surface area contributed by atoms with Crippen LogP contribution in [0.2, 0.25) is 0 Å². The molecular weight excluding hydrogens is 246 g/mol. The molecule has 2 aromatic heterocycles. The first-order chi connectivity index (χ1) is 9.16. The first kappa shape index (κ1) is 11.7. The summed E-state index contributed by atoms with van der Waals surface area (Å²) in [4.78, 5) is 14.1. The largest absolute Gasteiger partial charge is 0.367 e. The highest BCUT2D eigenvalue weighted by Gasteiger charge is 2.27. The molecular formula is C11H15N7O. The van der Waals surface area contributed by atoms with Gasteiger partial charge in [0.2, 0.25) is 11.9 Å². The summed E-state index contributed by atoms with van der Waals surface area (Å²) in [6.45, 7) is 3.59.